The summed E-state index contributed by atoms with van der Waals surface area (Å²) < 4.78 is 26.6. The summed E-state index contributed by atoms with van der Waals surface area (Å²) in [6.07, 6.45) is -0.207. The van der Waals surface area contributed by atoms with Gasteiger partial charge in [-0.2, -0.15) is 0 Å². The van der Waals surface area contributed by atoms with Gasteiger partial charge in [-0.05, 0) is 42.4 Å². The minimum atomic E-state index is -0.586. The lowest BCUT2D eigenvalue weighted by molar-refractivity contribution is -0.115. The van der Waals surface area contributed by atoms with Crippen LogP contribution >= 0.6 is 12.4 Å². The Labute approximate surface area is 140 Å². The molecule has 23 heavy (non-hydrogen) atoms. The highest BCUT2D eigenvalue weighted by atomic mass is 35.5. The summed E-state index contributed by atoms with van der Waals surface area (Å²) in [6.45, 7) is 3.58. The second kappa shape index (κ2) is 9.22. The van der Waals surface area contributed by atoms with Crippen molar-refractivity contribution in [3.63, 3.8) is 0 Å². The van der Waals surface area contributed by atoms with E-state index in [9.17, 15) is 13.6 Å². The maximum absolute atomic E-state index is 13.5. The molecule has 0 unspecified atom stereocenters. The van der Waals surface area contributed by atoms with Crippen LogP contribution in [0.1, 0.15) is 18.1 Å². The zero-order valence-electron chi connectivity index (χ0n) is 12.7. The second-order valence-corrected chi connectivity index (χ2v) is 4.94. The van der Waals surface area contributed by atoms with Gasteiger partial charge in [0.25, 0.3) is 0 Å². The molecule has 0 heterocycles. The fraction of sp³-hybridized carbons (Fsp3) is 0.235. The highest BCUT2D eigenvalue weighted by Gasteiger charge is 2.10. The SMILES string of the molecule is CCNCc1cccc(NC(=O)Cc2cc(F)ccc2F)c1.Cl. The fourth-order valence-electron chi connectivity index (χ4n) is 2.09. The van der Waals surface area contributed by atoms with Gasteiger partial charge in [0.1, 0.15) is 11.6 Å². The number of rotatable bonds is 6. The number of hydrogen-bond acceptors (Lipinski definition) is 2. The lowest BCUT2D eigenvalue weighted by Crippen LogP contribution is -2.16. The van der Waals surface area contributed by atoms with Gasteiger partial charge < -0.3 is 10.6 Å². The van der Waals surface area contributed by atoms with Crippen LogP contribution in [0, 0.1) is 11.6 Å². The van der Waals surface area contributed by atoms with Crippen LogP contribution in [0.2, 0.25) is 0 Å². The third-order valence-electron chi connectivity index (χ3n) is 3.15. The van der Waals surface area contributed by atoms with Gasteiger partial charge >= 0.3 is 0 Å². The second-order valence-electron chi connectivity index (χ2n) is 4.94. The number of halogens is 3. The Morgan fingerprint density at radius 2 is 1.91 bits per heavy atom. The molecule has 3 nitrogen and oxygen atoms in total. The molecule has 0 radical (unpaired) electrons. The maximum Gasteiger partial charge on any atom is 0.228 e. The summed E-state index contributed by atoms with van der Waals surface area (Å²) in [7, 11) is 0. The highest BCUT2D eigenvalue weighted by molar-refractivity contribution is 5.92. The van der Waals surface area contributed by atoms with Gasteiger partial charge in [0.2, 0.25) is 5.91 Å². The number of nitrogens with one attached hydrogen (secondary N) is 2. The Morgan fingerprint density at radius 1 is 1.13 bits per heavy atom. The van der Waals surface area contributed by atoms with Crippen LogP contribution in [0.3, 0.4) is 0 Å². The minimum Gasteiger partial charge on any atom is -0.326 e. The van der Waals surface area contributed by atoms with Gasteiger partial charge in [-0.3, -0.25) is 4.79 Å². The van der Waals surface area contributed by atoms with E-state index in [0.717, 1.165) is 30.3 Å². The Morgan fingerprint density at radius 3 is 2.65 bits per heavy atom. The molecule has 2 aromatic rings. The summed E-state index contributed by atoms with van der Waals surface area (Å²) in [5, 5.41) is 5.89. The molecule has 0 atom stereocenters. The number of carbonyl (C=O) groups excluding carboxylic acids is 1. The molecule has 0 aromatic heterocycles. The summed E-state index contributed by atoms with van der Waals surface area (Å²) in [5.74, 6) is -1.53. The van der Waals surface area contributed by atoms with Crippen LogP contribution in [0.25, 0.3) is 0 Å². The first-order chi connectivity index (χ1) is 10.6. The molecule has 2 N–H and O–H groups in total. The first-order valence-electron chi connectivity index (χ1n) is 7.12. The Kier molecular flexibility index (Phi) is 7.65. The molecule has 0 aliphatic rings. The molecule has 0 saturated heterocycles. The molecule has 0 aliphatic carbocycles. The average molecular weight is 341 g/mol. The summed E-state index contributed by atoms with van der Waals surface area (Å²) in [4.78, 5) is 12.0. The molecule has 2 aromatic carbocycles. The van der Waals surface area contributed by atoms with Gasteiger partial charge in [-0.25, -0.2) is 8.78 Å². The van der Waals surface area contributed by atoms with Crippen LogP contribution in [-0.4, -0.2) is 12.5 Å². The van der Waals surface area contributed by atoms with Gasteiger partial charge in [0.05, 0.1) is 6.42 Å². The van der Waals surface area contributed by atoms with E-state index in [-0.39, 0.29) is 30.3 Å². The quantitative estimate of drug-likeness (QED) is 0.842. The number of carbonyl (C=O) groups is 1. The standard InChI is InChI=1S/C17H18F2N2O.ClH/c1-2-20-11-12-4-3-5-15(8-12)21-17(22)10-13-9-14(18)6-7-16(13)19;/h3-9,20H,2,10-11H2,1H3,(H,21,22);1H. The van der Waals surface area contributed by atoms with E-state index < -0.39 is 11.6 Å². The van der Waals surface area contributed by atoms with Crippen molar-refractivity contribution in [2.75, 3.05) is 11.9 Å². The molecule has 1 amide bonds. The van der Waals surface area contributed by atoms with Crippen molar-refractivity contribution in [1.82, 2.24) is 5.32 Å². The molecule has 124 valence electrons. The van der Waals surface area contributed by atoms with E-state index in [4.69, 9.17) is 0 Å². The Balaban J connectivity index is 0.00000264. The predicted molar refractivity (Wildman–Crippen MR) is 89.8 cm³/mol. The molecule has 6 heteroatoms. The Hall–Kier alpha value is -1.98. The van der Waals surface area contributed by atoms with Crippen LogP contribution in [0.5, 0.6) is 0 Å². The first-order valence-corrected chi connectivity index (χ1v) is 7.12. The summed E-state index contributed by atoms with van der Waals surface area (Å²) >= 11 is 0. The third kappa shape index (κ3) is 5.96. The van der Waals surface area contributed by atoms with Crippen molar-refractivity contribution in [3.8, 4) is 0 Å². The predicted octanol–water partition coefficient (Wildman–Crippen LogP) is 3.68. The molecule has 0 aliphatic heterocycles. The fourth-order valence-corrected chi connectivity index (χ4v) is 2.09. The van der Waals surface area contributed by atoms with E-state index in [2.05, 4.69) is 10.6 Å². The van der Waals surface area contributed by atoms with E-state index in [1.54, 1.807) is 6.07 Å². The molecule has 0 bridgehead atoms. The van der Waals surface area contributed by atoms with Crippen molar-refractivity contribution in [1.29, 1.82) is 0 Å². The lowest BCUT2D eigenvalue weighted by atomic mass is 10.1. The van der Waals surface area contributed by atoms with Gasteiger partial charge in [-0.1, -0.05) is 19.1 Å². The number of benzene rings is 2. The first kappa shape index (κ1) is 19.1. The van der Waals surface area contributed by atoms with Crippen molar-refractivity contribution < 1.29 is 13.6 Å². The smallest absolute Gasteiger partial charge is 0.228 e. The Bertz CT molecular complexity index is 665. The van der Waals surface area contributed by atoms with Crippen molar-refractivity contribution in [2.24, 2.45) is 0 Å². The number of amides is 1. The largest absolute Gasteiger partial charge is 0.326 e. The average Bonchev–Trinajstić information content (AvgIpc) is 2.49. The van der Waals surface area contributed by atoms with E-state index in [1.807, 2.05) is 25.1 Å². The van der Waals surface area contributed by atoms with Gasteiger partial charge in [0.15, 0.2) is 0 Å². The van der Waals surface area contributed by atoms with E-state index >= 15 is 0 Å². The van der Waals surface area contributed by atoms with Crippen molar-refractivity contribution in [3.05, 3.63) is 65.2 Å². The normalized spacial score (nSPS) is 10.0. The van der Waals surface area contributed by atoms with Gasteiger partial charge in [-0.15, -0.1) is 12.4 Å². The lowest BCUT2D eigenvalue weighted by Gasteiger charge is -2.08. The van der Waals surface area contributed by atoms with Crippen LogP contribution < -0.4 is 10.6 Å². The third-order valence-corrected chi connectivity index (χ3v) is 3.15. The van der Waals surface area contributed by atoms with Crippen LogP contribution in [-0.2, 0) is 17.8 Å². The zero-order chi connectivity index (χ0) is 15.9. The van der Waals surface area contributed by atoms with Crippen LogP contribution in [0.4, 0.5) is 14.5 Å². The molecule has 0 fully saturated rings. The van der Waals surface area contributed by atoms with E-state index in [0.29, 0.717) is 12.2 Å². The molecular weight excluding hydrogens is 322 g/mol. The number of hydrogen-bond donors (Lipinski definition) is 2. The van der Waals surface area contributed by atoms with Crippen molar-refractivity contribution >= 4 is 24.0 Å². The minimum absolute atomic E-state index is 0. The molecular formula is C17H19ClF2N2O. The monoisotopic (exact) mass is 340 g/mol. The summed E-state index contributed by atoms with van der Waals surface area (Å²) in [6, 6.07) is 10.5. The molecule has 2 rings (SSSR count). The van der Waals surface area contributed by atoms with Crippen LogP contribution in [0.15, 0.2) is 42.5 Å². The zero-order valence-corrected chi connectivity index (χ0v) is 13.6. The topological polar surface area (TPSA) is 41.1 Å². The molecule has 0 spiro atoms. The summed E-state index contributed by atoms with van der Waals surface area (Å²) in [5.41, 5.74) is 1.72. The van der Waals surface area contributed by atoms with Crippen molar-refractivity contribution in [2.45, 2.75) is 19.9 Å². The van der Waals surface area contributed by atoms with Gasteiger partial charge in [0, 0.05) is 17.8 Å². The highest BCUT2D eigenvalue weighted by Crippen LogP contribution is 2.14. The van der Waals surface area contributed by atoms with E-state index in [1.165, 1.54) is 0 Å². The maximum atomic E-state index is 13.5. The molecule has 0 saturated carbocycles. The number of anilines is 1.